The lowest BCUT2D eigenvalue weighted by Gasteiger charge is -2.35. The molecule has 5 nitrogen and oxygen atoms in total. The second-order valence-electron chi connectivity index (χ2n) is 6.06. The SMILES string of the molecule is COc1ccc(C(=O)N2CCc3cc4c(cc3C2C)OCO4)cc1. The van der Waals surface area contributed by atoms with Crippen LogP contribution < -0.4 is 14.2 Å². The van der Waals surface area contributed by atoms with Gasteiger partial charge in [-0.3, -0.25) is 4.79 Å². The maximum atomic E-state index is 12.9. The molecule has 0 aliphatic carbocycles. The first-order chi connectivity index (χ1) is 11.7. The van der Waals surface area contributed by atoms with E-state index in [9.17, 15) is 4.79 Å². The highest BCUT2D eigenvalue weighted by atomic mass is 16.7. The summed E-state index contributed by atoms with van der Waals surface area (Å²) in [6.07, 6.45) is 0.818. The lowest BCUT2D eigenvalue weighted by molar-refractivity contribution is 0.0677. The van der Waals surface area contributed by atoms with Gasteiger partial charge >= 0.3 is 0 Å². The molecule has 4 rings (SSSR count). The van der Waals surface area contributed by atoms with Gasteiger partial charge in [-0.1, -0.05) is 0 Å². The molecule has 0 bridgehead atoms. The van der Waals surface area contributed by atoms with Crippen molar-refractivity contribution in [1.82, 2.24) is 4.90 Å². The monoisotopic (exact) mass is 325 g/mol. The van der Waals surface area contributed by atoms with Crippen molar-refractivity contribution in [3.63, 3.8) is 0 Å². The molecule has 1 amide bonds. The minimum atomic E-state index is -0.00199. The minimum Gasteiger partial charge on any atom is -0.497 e. The summed E-state index contributed by atoms with van der Waals surface area (Å²) in [7, 11) is 1.62. The van der Waals surface area contributed by atoms with Crippen molar-refractivity contribution in [2.45, 2.75) is 19.4 Å². The van der Waals surface area contributed by atoms with Crippen molar-refractivity contribution >= 4 is 5.91 Å². The zero-order valence-corrected chi connectivity index (χ0v) is 13.7. The molecule has 24 heavy (non-hydrogen) atoms. The van der Waals surface area contributed by atoms with Gasteiger partial charge in [0.2, 0.25) is 6.79 Å². The van der Waals surface area contributed by atoms with Crippen LogP contribution >= 0.6 is 0 Å². The molecule has 2 heterocycles. The van der Waals surface area contributed by atoms with Crippen molar-refractivity contribution < 1.29 is 19.0 Å². The smallest absolute Gasteiger partial charge is 0.254 e. The lowest BCUT2D eigenvalue weighted by Crippen LogP contribution is -2.38. The van der Waals surface area contributed by atoms with Crippen LogP contribution in [0.15, 0.2) is 36.4 Å². The number of hydrogen-bond acceptors (Lipinski definition) is 4. The van der Waals surface area contributed by atoms with E-state index in [1.54, 1.807) is 7.11 Å². The topological polar surface area (TPSA) is 48.0 Å². The molecule has 2 aromatic rings. The van der Waals surface area contributed by atoms with Crippen LogP contribution in [0.1, 0.15) is 34.5 Å². The van der Waals surface area contributed by atoms with Crippen LogP contribution in [0.25, 0.3) is 0 Å². The number of carbonyl (C=O) groups excluding carboxylic acids is 1. The van der Waals surface area contributed by atoms with E-state index in [-0.39, 0.29) is 18.7 Å². The van der Waals surface area contributed by atoms with E-state index in [0.29, 0.717) is 12.1 Å². The van der Waals surface area contributed by atoms with Gasteiger partial charge in [0, 0.05) is 12.1 Å². The molecule has 0 saturated carbocycles. The largest absolute Gasteiger partial charge is 0.497 e. The van der Waals surface area contributed by atoms with Gasteiger partial charge < -0.3 is 19.1 Å². The predicted octanol–water partition coefficient (Wildman–Crippen LogP) is 3.18. The Labute approximate surface area is 140 Å². The van der Waals surface area contributed by atoms with E-state index in [1.165, 1.54) is 5.56 Å². The number of methoxy groups -OCH3 is 1. The van der Waals surface area contributed by atoms with Crippen molar-refractivity contribution in [3.8, 4) is 17.2 Å². The number of benzene rings is 2. The number of fused-ring (bicyclic) bond motifs is 2. The molecule has 124 valence electrons. The zero-order chi connectivity index (χ0) is 16.7. The average Bonchev–Trinajstić information content (AvgIpc) is 3.07. The first-order valence-electron chi connectivity index (χ1n) is 8.05. The molecular formula is C19H19NO4. The van der Waals surface area contributed by atoms with Gasteiger partial charge in [0.1, 0.15) is 5.75 Å². The summed E-state index contributed by atoms with van der Waals surface area (Å²) in [5.41, 5.74) is 3.03. The molecule has 2 aliphatic rings. The Balaban J connectivity index is 1.62. The van der Waals surface area contributed by atoms with Gasteiger partial charge in [-0.05, 0) is 60.9 Å². The van der Waals surface area contributed by atoms with Crippen molar-refractivity contribution in [2.75, 3.05) is 20.4 Å². The molecule has 0 spiro atoms. The summed E-state index contributed by atoms with van der Waals surface area (Å²) in [5.74, 6) is 2.35. The second kappa shape index (κ2) is 5.74. The Hall–Kier alpha value is -2.69. The first-order valence-corrected chi connectivity index (χ1v) is 8.05. The average molecular weight is 325 g/mol. The number of nitrogens with zero attached hydrogens (tertiary/aromatic N) is 1. The molecule has 1 atom stereocenters. The summed E-state index contributed by atoms with van der Waals surface area (Å²) in [4.78, 5) is 14.8. The van der Waals surface area contributed by atoms with Crippen molar-refractivity contribution in [1.29, 1.82) is 0 Å². The van der Waals surface area contributed by atoms with Gasteiger partial charge in [0.25, 0.3) is 5.91 Å². The molecule has 0 saturated heterocycles. The highest BCUT2D eigenvalue weighted by Gasteiger charge is 2.30. The summed E-state index contributed by atoms with van der Waals surface area (Å²) >= 11 is 0. The molecule has 2 aliphatic heterocycles. The minimum absolute atomic E-state index is 0.00199. The molecule has 0 N–H and O–H groups in total. The maximum Gasteiger partial charge on any atom is 0.254 e. The fraction of sp³-hybridized carbons (Fsp3) is 0.316. The molecule has 0 radical (unpaired) electrons. The Morgan fingerprint density at radius 1 is 1.17 bits per heavy atom. The normalized spacial score (nSPS) is 18.2. The van der Waals surface area contributed by atoms with Crippen LogP contribution in [0.3, 0.4) is 0 Å². The van der Waals surface area contributed by atoms with E-state index >= 15 is 0 Å². The molecular weight excluding hydrogens is 306 g/mol. The van der Waals surface area contributed by atoms with E-state index < -0.39 is 0 Å². The highest BCUT2D eigenvalue weighted by molar-refractivity contribution is 5.94. The van der Waals surface area contributed by atoms with E-state index in [0.717, 1.165) is 29.2 Å². The summed E-state index contributed by atoms with van der Waals surface area (Å²) in [6.45, 7) is 3.02. The molecule has 0 aromatic heterocycles. The third-order valence-corrected chi connectivity index (χ3v) is 4.77. The Kier molecular flexibility index (Phi) is 3.56. The quantitative estimate of drug-likeness (QED) is 0.851. The predicted molar refractivity (Wildman–Crippen MR) is 88.7 cm³/mol. The summed E-state index contributed by atoms with van der Waals surface area (Å²) in [5, 5.41) is 0. The third-order valence-electron chi connectivity index (χ3n) is 4.77. The van der Waals surface area contributed by atoms with Crippen molar-refractivity contribution in [3.05, 3.63) is 53.1 Å². The molecule has 2 aromatic carbocycles. The molecule has 1 unspecified atom stereocenters. The Morgan fingerprint density at radius 2 is 1.88 bits per heavy atom. The summed E-state index contributed by atoms with van der Waals surface area (Å²) in [6, 6.07) is 11.3. The fourth-order valence-corrected chi connectivity index (χ4v) is 3.38. The highest BCUT2D eigenvalue weighted by Crippen LogP contribution is 2.40. The van der Waals surface area contributed by atoms with Gasteiger partial charge in [-0.2, -0.15) is 0 Å². The van der Waals surface area contributed by atoms with Gasteiger partial charge in [-0.25, -0.2) is 0 Å². The second-order valence-corrected chi connectivity index (χ2v) is 6.06. The maximum absolute atomic E-state index is 12.9. The van der Waals surface area contributed by atoms with E-state index in [4.69, 9.17) is 14.2 Å². The number of ether oxygens (including phenoxy) is 3. The number of rotatable bonds is 2. The van der Waals surface area contributed by atoms with Crippen LogP contribution in [0.5, 0.6) is 17.2 Å². The fourth-order valence-electron chi connectivity index (χ4n) is 3.38. The number of hydrogen-bond donors (Lipinski definition) is 0. The standard InChI is InChI=1S/C19H19NO4/c1-12-16-10-18-17(23-11-24-18)9-14(16)7-8-20(12)19(21)13-3-5-15(22-2)6-4-13/h3-6,9-10,12H,7-8,11H2,1-2H3. The van der Waals surface area contributed by atoms with Crippen LogP contribution in [0.2, 0.25) is 0 Å². The van der Waals surface area contributed by atoms with E-state index in [2.05, 4.69) is 6.92 Å². The van der Waals surface area contributed by atoms with Crippen LogP contribution in [-0.2, 0) is 6.42 Å². The Morgan fingerprint density at radius 3 is 2.58 bits per heavy atom. The van der Waals surface area contributed by atoms with Gasteiger partial charge in [0.05, 0.1) is 13.2 Å². The lowest BCUT2D eigenvalue weighted by atomic mass is 9.92. The molecule has 5 heteroatoms. The van der Waals surface area contributed by atoms with E-state index in [1.807, 2.05) is 41.3 Å². The first kappa shape index (κ1) is 14.9. The van der Waals surface area contributed by atoms with Crippen molar-refractivity contribution in [2.24, 2.45) is 0 Å². The van der Waals surface area contributed by atoms with Gasteiger partial charge in [0.15, 0.2) is 11.5 Å². The number of carbonyl (C=O) groups is 1. The van der Waals surface area contributed by atoms with Gasteiger partial charge in [-0.15, -0.1) is 0 Å². The van der Waals surface area contributed by atoms with Crippen LogP contribution in [-0.4, -0.2) is 31.3 Å². The third kappa shape index (κ3) is 2.37. The van der Waals surface area contributed by atoms with Crippen LogP contribution in [0, 0.1) is 0 Å². The zero-order valence-electron chi connectivity index (χ0n) is 13.7. The summed E-state index contributed by atoms with van der Waals surface area (Å²) < 4.78 is 16.1. The number of amides is 1. The Bertz CT molecular complexity index is 785. The molecule has 0 fully saturated rings. The van der Waals surface area contributed by atoms with Crippen LogP contribution in [0.4, 0.5) is 0 Å².